The van der Waals surface area contributed by atoms with E-state index in [1.54, 1.807) is 0 Å². The molecular formula is C8H25KO13-2. The molecule has 0 spiro atoms. The first-order chi connectivity index (χ1) is 8.80. The van der Waals surface area contributed by atoms with Gasteiger partial charge >= 0.3 is 51.4 Å². The van der Waals surface area contributed by atoms with Crippen LogP contribution in [-0.4, -0.2) is 80.7 Å². The number of rotatable bonds is 0. The maximum Gasteiger partial charge on any atom is 1.00 e. The molecule has 0 fully saturated rings. The molecule has 8 N–H and O–H groups in total. The van der Waals surface area contributed by atoms with E-state index in [9.17, 15) is 0 Å². The van der Waals surface area contributed by atoms with E-state index in [4.69, 9.17) is 65.8 Å². The summed E-state index contributed by atoms with van der Waals surface area (Å²) in [5.74, 6) is 0. The molecule has 0 aliphatic heterocycles. The van der Waals surface area contributed by atoms with Crippen LogP contribution in [0.3, 0.4) is 0 Å². The van der Waals surface area contributed by atoms with Gasteiger partial charge in [-0.15, -0.1) is 0 Å². The zero-order chi connectivity index (χ0) is 17.1. The van der Waals surface area contributed by atoms with E-state index in [1.165, 1.54) is 0 Å². The minimum absolute atomic E-state index is 0. The molecule has 0 saturated heterocycles. The van der Waals surface area contributed by atoms with Crippen molar-refractivity contribution in [3.05, 3.63) is 0 Å². The van der Waals surface area contributed by atoms with Gasteiger partial charge in [-0.25, -0.2) is 0 Å². The van der Waals surface area contributed by atoms with Crippen LogP contribution in [0.15, 0.2) is 0 Å². The van der Waals surface area contributed by atoms with Crippen LogP contribution in [0.1, 0.15) is 14.9 Å². The molecule has 13 nitrogen and oxygen atoms in total. The van der Waals surface area contributed by atoms with E-state index in [2.05, 4.69) is 0 Å². The fourth-order valence-corrected chi connectivity index (χ4v) is 0. The van der Waals surface area contributed by atoms with Gasteiger partial charge in [-0.2, -0.15) is 0 Å². The molecule has 0 saturated carbocycles. The second kappa shape index (κ2) is 128. The summed E-state index contributed by atoms with van der Waals surface area (Å²) >= 11 is 0. The molecule has 138 valence electrons. The number of carbonyl (C=O) groups is 2. The van der Waals surface area contributed by atoms with Gasteiger partial charge in [0.25, 0.3) is 6.47 Å². The van der Waals surface area contributed by atoms with Crippen molar-refractivity contribution < 1.29 is 117 Å². The van der Waals surface area contributed by atoms with Crippen molar-refractivity contribution in [2.45, 2.75) is 21.3 Å². The zero-order valence-corrected chi connectivity index (χ0v) is 13.6. The number of hydrogen-bond donors (Lipinski definition) is 8. The number of carbonyl (C=O) groups excluding carboxylic acids is 1. The minimum atomic E-state index is -2.42. The van der Waals surface area contributed by atoms with Gasteiger partial charge in [-0.1, -0.05) is 14.9 Å². The summed E-state index contributed by atoms with van der Waals surface area (Å²) in [7, 11) is 0. The first-order valence-corrected chi connectivity index (χ1v) is 3.59. The third kappa shape index (κ3) is 159000. The van der Waals surface area contributed by atoms with Crippen molar-refractivity contribution >= 4 is 12.9 Å². The summed E-state index contributed by atoms with van der Waals surface area (Å²) in [6, 6.07) is 0. The Hall–Kier alpha value is 0.216. The van der Waals surface area contributed by atoms with E-state index in [0.29, 0.717) is 0 Å². The van der Waals surface area contributed by atoms with Gasteiger partial charge < -0.3 is 61.0 Å². The number of hydrogen-bond acceptors (Lipinski definition) is 12. The second-order valence-corrected chi connectivity index (χ2v) is 0.940. The van der Waals surface area contributed by atoms with Gasteiger partial charge in [-0.05, 0) is 6.79 Å². The normalized spacial score (nSPS) is 5.18. The summed E-state index contributed by atoms with van der Waals surface area (Å²) in [6.07, 6.45) is 0. The number of aliphatic hydroxyl groups is 7. The first-order valence-electron chi connectivity index (χ1n) is 3.59. The van der Waals surface area contributed by atoms with Crippen molar-refractivity contribution in [3.63, 3.8) is 0 Å². The molecule has 0 aromatic rings. The molecule has 0 aliphatic carbocycles. The Morgan fingerprint density at radius 3 is 0.909 bits per heavy atom. The van der Waals surface area contributed by atoms with Crippen molar-refractivity contribution in [3.8, 4) is 0 Å². The SMILES string of the molecule is C.C.O=CO.O=C[O-].OCO.OCO.[K+].[O-]C(O)O.[O-]CO. The minimum Gasteiger partial charge on any atom is -0.834 e. The van der Waals surface area contributed by atoms with Crippen molar-refractivity contribution in [1.29, 1.82) is 0 Å². The van der Waals surface area contributed by atoms with Crippen LogP contribution >= 0.6 is 0 Å². The Morgan fingerprint density at radius 2 is 0.909 bits per heavy atom. The molecule has 0 heterocycles. The molecule has 0 unspecified atom stereocenters. The summed E-state index contributed by atoms with van der Waals surface area (Å²) in [5.41, 5.74) is 0. The van der Waals surface area contributed by atoms with Crippen LogP contribution in [-0.2, 0) is 9.59 Å². The summed E-state index contributed by atoms with van der Waals surface area (Å²) in [6.45, 7) is -5.67. The van der Waals surface area contributed by atoms with E-state index in [-0.39, 0.29) is 72.7 Å². The van der Waals surface area contributed by atoms with Crippen LogP contribution in [0.4, 0.5) is 0 Å². The molecule has 22 heavy (non-hydrogen) atoms. The largest absolute Gasteiger partial charge is 1.00 e. The topological polar surface area (TPSA) is 265 Å². The van der Waals surface area contributed by atoms with E-state index in [1.807, 2.05) is 0 Å². The summed E-state index contributed by atoms with van der Waals surface area (Å²) < 4.78 is 0. The quantitative estimate of drug-likeness (QED) is 0.112. The average Bonchev–Trinajstić information content (AvgIpc) is 2.21. The first kappa shape index (κ1) is 57.3. The van der Waals surface area contributed by atoms with E-state index >= 15 is 0 Å². The molecule has 0 aromatic carbocycles. The Bertz CT molecular complexity index is 92.5. The van der Waals surface area contributed by atoms with Crippen LogP contribution in [0.25, 0.3) is 0 Å². The Morgan fingerprint density at radius 1 is 0.909 bits per heavy atom. The Labute approximate surface area is 170 Å². The fraction of sp³-hybridized carbons (Fsp3) is 0.750. The van der Waals surface area contributed by atoms with Crippen LogP contribution in [0, 0.1) is 0 Å². The van der Waals surface area contributed by atoms with Crippen LogP contribution in [0.2, 0.25) is 0 Å². The number of carboxylic acid groups (broad SMARTS) is 2. The average molecular weight is 368 g/mol. The van der Waals surface area contributed by atoms with E-state index < -0.39 is 33.3 Å². The fourth-order valence-electron chi connectivity index (χ4n) is 0. The molecule has 0 rings (SSSR count). The maximum absolute atomic E-state index is 8.64. The molecule has 0 radical (unpaired) electrons. The van der Waals surface area contributed by atoms with E-state index in [0.717, 1.165) is 0 Å². The smallest absolute Gasteiger partial charge is 0.834 e. The molecule has 0 aliphatic rings. The summed E-state index contributed by atoms with van der Waals surface area (Å²) in [4.78, 5) is 16.6. The molecule has 0 atom stereocenters. The van der Waals surface area contributed by atoms with Crippen molar-refractivity contribution in [1.82, 2.24) is 0 Å². The standard InChI is InChI=1S/CH3O3.2CH4O2.CH3O2.2CH2O2.2CH4.K/c2-1(3)4;5*2-1-3;;;/h1-3H;2*2-3H,1H2;2H,1H2;2*1H,(H,2,3);2*1H4;/q-1;;;-1;;;;;+1/p-1. The van der Waals surface area contributed by atoms with Crippen molar-refractivity contribution in [2.24, 2.45) is 0 Å². The monoisotopic (exact) mass is 368 g/mol. The summed E-state index contributed by atoms with van der Waals surface area (Å²) in [5, 5.41) is 81.9. The molecule has 14 heteroatoms. The molecule has 0 bridgehead atoms. The molecular weight excluding hydrogens is 343 g/mol. The third-order valence-corrected chi connectivity index (χ3v) is 0. The van der Waals surface area contributed by atoms with Gasteiger partial charge in [-0.3, -0.25) is 4.79 Å². The second-order valence-electron chi connectivity index (χ2n) is 0.940. The predicted octanol–water partition coefficient (Wildman–Crippen LogP) is -9.89. The number of aliphatic hydroxyl groups excluding tert-OH is 4. The molecule has 0 aromatic heterocycles. The van der Waals surface area contributed by atoms with Gasteiger partial charge in [0, 0.05) is 6.47 Å². The van der Waals surface area contributed by atoms with Crippen molar-refractivity contribution in [2.75, 3.05) is 20.4 Å². The van der Waals surface area contributed by atoms with Gasteiger partial charge in [0.1, 0.15) is 13.6 Å². The molecule has 0 amide bonds. The Balaban J connectivity index is -0.0000000129. The van der Waals surface area contributed by atoms with Crippen LogP contribution < -0.4 is 66.7 Å². The Kier molecular flexibility index (Phi) is 334. The third-order valence-electron chi connectivity index (χ3n) is 0. The van der Waals surface area contributed by atoms with Gasteiger partial charge in [0.05, 0.1) is 6.48 Å². The predicted molar refractivity (Wildman–Crippen MR) is 62.1 cm³/mol. The maximum atomic E-state index is 8.64. The van der Waals surface area contributed by atoms with Gasteiger partial charge in [0.2, 0.25) is 0 Å². The van der Waals surface area contributed by atoms with Gasteiger partial charge in [0.15, 0.2) is 0 Å². The zero-order valence-electron chi connectivity index (χ0n) is 10.5. The van der Waals surface area contributed by atoms with Crippen LogP contribution in [0.5, 0.6) is 0 Å².